The van der Waals surface area contributed by atoms with Gasteiger partial charge in [-0.25, -0.2) is 0 Å². The summed E-state index contributed by atoms with van der Waals surface area (Å²) in [7, 11) is 0. The molecular weight excluding hydrogens is 380 g/mol. The fourth-order valence-electron chi connectivity index (χ4n) is 3.08. The number of benzene rings is 2. The lowest BCUT2D eigenvalue weighted by atomic mass is 10.1. The standard InChI is InChI=1S/C21H21ClN2O4/c1-13-7-8-14(2)17(9-13)23-19(25)12-28-21(27)15-10-20(26)24(11-15)18-6-4-3-5-16(18)22/h3-9,15H,10-12H2,1-2H3,(H,23,25)/t15-/m1/s1. The predicted octanol–water partition coefficient (Wildman–Crippen LogP) is 3.49. The number of hydrogen-bond acceptors (Lipinski definition) is 4. The first-order chi connectivity index (χ1) is 13.3. The molecule has 2 amide bonds. The molecule has 1 fully saturated rings. The summed E-state index contributed by atoms with van der Waals surface area (Å²) < 4.78 is 5.13. The quantitative estimate of drug-likeness (QED) is 0.779. The van der Waals surface area contributed by atoms with Crippen LogP contribution < -0.4 is 10.2 Å². The van der Waals surface area contributed by atoms with E-state index in [1.54, 1.807) is 24.3 Å². The van der Waals surface area contributed by atoms with Gasteiger partial charge in [-0.1, -0.05) is 35.9 Å². The zero-order valence-corrected chi connectivity index (χ0v) is 16.5. The van der Waals surface area contributed by atoms with E-state index in [1.807, 2.05) is 32.0 Å². The highest BCUT2D eigenvalue weighted by Crippen LogP contribution is 2.31. The molecule has 2 aromatic carbocycles. The summed E-state index contributed by atoms with van der Waals surface area (Å²) in [5, 5.41) is 3.18. The summed E-state index contributed by atoms with van der Waals surface area (Å²) in [4.78, 5) is 38.2. The number of hydrogen-bond donors (Lipinski definition) is 1. The van der Waals surface area contributed by atoms with Gasteiger partial charge in [0.2, 0.25) is 5.91 Å². The van der Waals surface area contributed by atoms with Gasteiger partial charge in [0.15, 0.2) is 6.61 Å². The van der Waals surface area contributed by atoms with Crippen molar-refractivity contribution in [2.75, 3.05) is 23.4 Å². The Morgan fingerprint density at radius 1 is 1.21 bits per heavy atom. The minimum absolute atomic E-state index is 0.0304. The molecule has 1 atom stereocenters. The Labute approximate surface area is 168 Å². The Bertz CT molecular complexity index is 928. The predicted molar refractivity (Wildman–Crippen MR) is 107 cm³/mol. The fourth-order valence-corrected chi connectivity index (χ4v) is 3.32. The molecule has 0 aliphatic carbocycles. The van der Waals surface area contributed by atoms with Crippen LogP contribution in [0.1, 0.15) is 17.5 Å². The van der Waals surface area contributed by atoms with Gasteiger partial charge in [0.05, 0.1) is 16.6 Å². The molecule has 1 aliphatic rings. The Hall–Kier alpha value is -2.86. The summed E-state index contributed by atoms with van der Waals surface area (Å²) in [6.07, 6.45) is 0.0304. The third kappa shape index (κ3) is 4.51. The number of ether oxygens (including phenoxy) is 1. The molecule has 6 nitrogen and oxygen atoms in total. The first kappa shape index (κ1) is 19.9. The van der Waals surface area contributed by atoms with Gasteiger partial charge in [0.1, 0.15) is 0 Å². The van der Waals surface area contributed by atoms with Crippen LogP contribution in [-0.2, 0) is 19.1 Å². The lowest BCUT2D eigenvalue weighted by molar-refractivity contribution is -0.151. The minimum atomic E-state index is -0.628. The zero-order valence-electron chi connectivity index (χ0n) is 15.7. The van der Waals surface area contributed by atoms with Crippen molar-refractivity contribution in [3.05, 3.63) is 58.6 Å². The number of para-hydroxylation sites is 1. The second-order valence-electron chi connectivity index (χ2n) is 6.83. The van der Waals surface area contributed by atoms with Crippen LogP contribution in [0.5, 0.6) is 0 Å². The molecule has 1 aliphatic heterocycles. The summed E-state index contributed by atoms with van der Waals surface area (Å²) in [6, 6.07) is 12.7. The van der Waals surface area contributed by atoms with Gasteiger partial charge in [-0.05, 0) is 43.2 Å². The van der Waals surface area contributed by atoms with E-state index in [-0.39, 0.29) is 18.9 Å². The molecule has 7 heteroatoms. The first-order valence-corrected chi connectivity index (χ1v) is 9.31. The third-order valence-corrected chi connectivity index (χ3v) is 4.93. The molecule has 0 aromatic heterocycles. The second-order valence-corrected chi connectivity index (χ2v) is 7.24. The Kier molecular flexibility index (Phi) is 5.99. The third-order valence-electron chi connectivity index (χ3n) is 4.61. The van der Waals surface area contributed by atoms with Gasteiger partial charge in [-0.2, -0.15) is 0 Å². The van der Waals surface area contributed by atoms with E-state index in [0.717, 1.165) is 11.1 Å². The van der Waals surface area contributed by atoms with Crippen LogP contribution >= 0.6 is 11.6 Å². The van der Waals surface area contributed by atoms with E-state index in [2.05, 4.69) is 5.32 Å². The molecule has 146 valence electrons. The lowest BCUT2D eigenvalue weighted by Crippen LogP contribution is -2.28. The minimum Gasteiger partial charge on any atom is -0.455 e. The van der Waals surface area contributed by atoms with Crippen molar-refractivity contribution < 1.29 is 19.1 Å². The average molecular weight is 401 g/mol. The molecule has 0 spiro atoms. The van der Waals surface area contributed by atoms with Crippen LogP contribution in [0.3, 0.4) is 0 Å². The maximum Gasteiger partial charge on any atom is 0.311 e. The number of amides is 2. The number of nitrogens with one attached hydrogen (secondary N) is 1. The van der Waals surface area contributed by atoms with Crippen LogP contribution in [0.2, 0.25) is 5.02 Å². The van der Waals surface area contributed by atoms with Gasteiger partial charge in [-0.15, -0.1) is 0 Å². The molecule has 0 unspecified atom stereocenters. The van der Waals surface area contributed by atoms with Gasteiger partial charge in [-0.3, -0.25) is 14.4 Å². The molecule has 0 radical (unpaired) electrons. The van der Waals surface area contributed by atoms with E-state index in [1.165, 1.54) is 4.90 Å². The van der Waals surface area contributed by atoms with Crippen molar-refractivity contribution >= 4 is 40.8 Å². The van der Waals surface area contributed by atoms with Crippen LogP contribution in [0.4, 0.5) is 11.4 Å². The molecular formula is C21H21ClN2O4. The normalized spacial score (nSPS) is 16.2. The summed E-state index contributed by atoms with van der Waals surface area (Å²) in [6.45, 7) is 3.59. The molecule has 0 saturated carbocycles. The Balaban J connectivity index is 1.55. The first-order valence-electron chi connectivity index (χ1n) is 8.94. The maximum atomic E-state index is 12.3. The molecule has 1 heterocycles. The van der Waals surface area contributed by atoms with E-state index in [9.17, 15) is 14.4 Å². The summed E-state index contributed by atoms with van der Waals surface area (Å²) in [5.74, 6) is -1.82. The second kappa shape index (κ2) is 8.44. The lowest BCUT2D eigenvalue weighted by Gasteiger charge is -2.17. The average Bonchev–Trinajstić information content (AvgIpc) is 3.05. The van der Waals surface area contributed by atoms with Crippen molar-refractivity contribution in [2.24, 2.45) is 5.92 Å². The molecule has 0 bridgehead atoms. The van der Waals surface area contributed by atoms with Crippen molar-refractivity contribution in [2.45, 2.75) is 20.3 Å². The number of carbonyl (C=O) groups excluding carboxylic acids is 3. The number of rotatable bonds is 5. The highest BCUT2D eigenvalue weighted by atomic mass is 35.5. The molecule has 1 saturated heterocycles. The molecule has 28 heavy (non-hydrogen) atoms. The van der Waals surface area contributed by atoms with Crippen molar-refractivity contribution in [1.82, 2.24) is 0 Å². The molecule has 2 aromatic rings. The van der Waals surface area contributed by atoms with Crippen molar-refractivity contribution in [1.29, 1.82) is 0 Å². The summed E-state index contributed by atoms with van der Waals surface area (Å²) in [5.41, 5.74) is 3.18. The van der Waals surface area contributed by atoms with Crippen molar-refractivity contribution in [3.63, 3.8) is 0 Å². The van der Waals surface area contributed by atoms with E-state index >= 15 is 0 Å². The Morgan fingerprint density at radius 3 is 2.71 bits per heavy atom. The number of halogens is 1. The molecule has 1 N–H and O–H groups in total. The van der Waals surface area contributed by atoms with Gasteiger partial charge in [0.25, 0.3) is 5.91 Å². The van der Waals surface area contributed by atoms with E-state index in [4.69, 9.17) is 16.3 Å². The van der Waals surface area contributed by atoms with Gasteiger partial charge < -0.3 is 15.0 Å². The Morgan fingerprint density at radius 2 is 1.96 bits per heavy atom. The number of esters is 1. The van der Waals surface area contributed by atoms with Gasteiger partial charge >= 0.3 is 5.97 Å². The zero-order chi connectivity index (χ0) is 20.3. The number of nitrogens with zero attached hydrogens (tertiary/aromatic N) is 1. The van der Waals surface area contributed by atoms with Crippen LogP contribution in [-0.4, -0.2) is 30.9 Å². The SMILES string of the molecule is Cc1ccc(C)c(NC(=O)COC(=O)[C@@H]2CC(=O)N(c3ccccc3Cl)C2)c1. The van der Waals surface area contributed by atoms with E-state index < -0.39 is 24.4 Å². The van der Waals surface area contributed by atoms with E-state index in [0.29, 0.717) is 16.4 Å². The fraction of sp³-hybridized carbons (Fsp3) is 0.286. The highest BCUT2D eigenvalue weighted by Gasteiger charge is 2.37. The number of aryl methyl sites for hydroxylation is 2. The highest BCUT2D eigenvalue weighted by molar-refractivity contribution is 6.33. The molecule has 3 rings (SSSR count). The summed E-state index contributed by atoms with van der Waals surface area (Å²) >= 11 is 6.14. The number of carbonyl (C=O) groups is 3. The number of anilines is 2. The monoisotopic (exact) mass is 400 g/mol. The van der Waals surface area contributed by atoms with Crippen LogP contribution in [0, 0.1) is 19.8 Å². The van der Waals surface area contributed by atoms with Gasteiger partial charge in [0, 0.05) is 18.7 Å². The topological polar surface area (TPSA) is 75.7 Å². The largest absolute Gasteiger partial charge is 0.455 e. The van der Waals surface area contributed by atoms with Crippen molar-refractivity contribution in [3.8, 4) is 0 Å². The smallest absolute Gasteiger partial charge is 0.311 e. The maximum absolute atomic E-state index is 12.3. The van der Waals surface area contributed by atoms with Crippen LogP contribution in [0.15, 0.2) is 42.5 Å². The van der Waals surface area contributed by atoms with Crippen LogP contribution in [0.25, 0.3) is 0 Å².